The van der Waals surface area contributed by atoms with E-state index in [2.05, 4.69) is 12.1 Å². The van der Waals surface area contributed by atoms with Gasteiger partial charge >= 0.3 is 7.32 Å². The maximum Gasteiger partial charge on any atom is 0.634 e. The summed E-state index contributed by atoms with van der Waals surface area (Å²) >= 11 is 0. The number of fused-ring (bicyclic) bond motifs is 1. The first-order valence-corrected chi connectivity index (χ1v) is 5.02. The lowest BCUT2D eigenvalue weighted by molar-refractivity contribution is 0.0711. The van der Waals surface area contributed by atoms with Gasteiger partial charge in [-0.3, -0.25) is 4.90 Å². The van der Waals surface area contributed by atoms with Crippen LogP contribution in [0.2, 0.25) is 0 Å². The van der Waals surface area contributed by atoms with Crippen LogP contribution in [-0.2, 0) is 17.6 Å². The smallest absolute Gasteiger partial charge is 0.402 e. The van der Waals surface area contributed by atoms with E-state index in [1.54, 1.807) is 0 Å². The first-order valence-electron chi connectivity index (χ1n) is 5.02. The highest BCUT2D eigenvalue weighted by atomic mass is 16.6. The van der Waals surface area contributed by atoms with E-state index in [4.69, 9.17) is 14.7 Å². The van der Waals surface area contributed by atoms with Crippen molar-refractivity contribution in [2.75, 3.05) is 13.3 Å². The van der Waals surface area contributed by atoms with Gasteiger partial charge in [0.05, 0.1) is 6.73 Å². The van der Waals surface area contributed by atoms with Crippen LogP contribution in [0, 0.1) is 0 Å². The quantitative estimate of drug-likeness (QED) is 0.684. The van der Waals surface area contributed by atoms with Crippen LogP contribution in [0.15, 0.2) is 24.3 Å². The van der Waals surface area contributed by atoms with Crippen molar-refractivity contribution in [3.8, 4) is 0 Å². The molecule has 0 aromatic heterocycles. The van der Waals surface area contributed by atoms with Gasteiger partial charge in [-0.25, -0.2) is 0 Å². The molecule has 80 valence electrons. The molecular formula is C10H14BNO3. The van der Waals surface area contributed by atoms with Crippen molar-refractivity contribution in [2.24, 2.45) is 0 Å². The van der Waals surface area contributed by atoms with E-state index in [1.165, 1.54) is 11.1 Å². The molecule has 5 heteroatoms. The Morgan fingerprint density at radius 1 is 1.27 bits per heavy atom. The van der Waals surface area contributed by atoms with Crippen molar-refractivity contribution in [2.45, 2.75) is 13.0 Å². The van der Waals surface area contributed by atoms with E-state index in [1.807, 2.05) is 17.0 Å². The molecule has 1 heterocycles. The van der Waals surface area contributed by atoms with Gasteiger partial charge in [0.15, 0.2) is 0 Å². The Labute approximate surface area is 89.3 Å². The molecular weight excluding hydrogens is 193 g/mol. The SMILES string of the molecule is OB(O)OCN1CCc2ccccc2C1. The molecule has 0 bridgehead atoms. The van der Waals surface area contributed by atoms with Crippen molar-refractivity contribution in [3.05, 3.63) is 35.4 Å². The summed E-state index contributed by atoms with van der Waals surface area (Å²) < 4.78 is 4.73. The second-order valence-electron chi connectivity index (χ2n) is 3.69. The third kappa shape index (κ3) is 2.79. The monoisotopic (exact) mass is 207 g/mol. The standard InChI is InChI=1S/C10H14BNO3/c13-11(14)15-8-12-6-5-9-3-1-2-4-10(9)7-12/h1-4,13-14H,5-8H2. The molecule has 4 nitrogen and oxygen atoms in total. The van der Waals surface area contributed by atoms with Gasteiger partial charge in [-0.15, -0.1) is 0 Å². The van der Waals surface area contributed by atoms with E-state index in [9.17, 15) is 0 Å². The van der Waals surface area contributed by atoms with E-state index < -0.39 is 7.32 Å². The fourth-order valence-electron chi connectivity index (χ4n) is 1.84. The Kier molecular flexibility index (Phi) is 3.38. The van der Waals surface area contributed by atoms with Gasteiger partial charge in [0, 0.05) is 13.1 Å². The van der Waals surface area contributed by atoms with Crippen LogP contribution in [-0.4, -0.2) is 35.5 Å². The fourth-order valence-corrected chi connectivity index (χ4v) is 1.84. The highest BCUT2D eigenvalue weighted by Gasteiger charge is 2.17. The average molecular weight is 207 g/mol. The molecule has 15 heavy (non-hydrogen) atoms. The molecule has 1 aromatic rings. The Morgan fingerprint density at radius 2 is 2.00 bits per heavy atom. The minimum Gasteiger partial charge on any atom is -0.402 e. The number of benzene rings is 1. The second-order valence-corrected chi connectivity index (χ2v) is 3.69. The summed E-state index contributed by atoms with van der Waals surface area (Å²) in [6.45, 7) is 1.96. The van der Waals surface area contributed by atoms with E-state index in [-0.39, 0.29) is 6.73 Å². The van der Waals surface area contributed by atoms with Gasteiger partial charge in [0.25, 0.3) is 0 Å². The maximum atomic E-state index is 8.58. The van der Waals surface area contributed by atoms with Crippen LogP contribution in [0.25, 0.3) is 0 Å². The molecule has 0 radical (unpaired) electrons. The van der Waals surface area contributed by atoms with Gasteiger partial charge in [0.1, 0.15) is 0 Å². The lowest BCUT2D eigenvalue weighted by Crippen LogP contribution is -2.35. The number of rotatable bonds is 3. The molecule has 0 amide bonds. The molecule has 2 rings (SSSR count). The summed E-state index contributed by atoms with van der Waals surface area (Å²) in [6, 6.07) is 8.29. The van der Waals surface area contributed by atoms with Crippen molar-refractivity contribution < 1.29 is 14.7 Å². The molecule has 0 spiro atoms. The summed E-state index contributed by atoms with van der Waals surface area (Å²) in [7, 11) is -1.68. The van der Waals surface area contributed by atoms with Crippen LogP contribution in [0.5, 0.6) is 0 Å². The zero-order chi connectivity index (χ0) is 10.7. The van der Waals surface area contributed by atoms with Crippen LogP contribution in [0.3, 0.4) is 0 Å². The van der Waals surface area contributed by atoms with Crippen LogP contribution >= 0.6 is 0 Å². The molecule has 1 aliphatic rings. The highest BCUT2D eigenvalue weighted by molar-refractivity contribution is 6.32. The Morgan fingerprint density at radius 3 is 2.73 bits per heavy atom. The lowest BCUT2D eigenvalue weighted by atomic mass is 10.0. The summed E-state index contributed by atoms with van der Waals surface area (Å²) in [4.78, 5) is 2.04. The van der Waals surface area contributed by atoms with Crippen LogP contribution in [0.4, 0.5) is 0 Å². The minimum atomic E-state index is -1.68. The predicted molar refractivity (Wildman–Crippen MR) is 56.7 cm³/mol. The van der Waals surface area contributed by atoms with E-state index in [0.29, 0.717) is 0 Å². The van der Waals surface area contributed by atoms with E-state index >= 15 is 0 Å². The maximum absolute atomic E-state index is 8.58. The van der Waals surface area contributed by atoms with E-state index in [0.717, 1.165) is 19.5 Å². The third-order valence-electron chi connectivity index (χ3n) is 2.62. The minimum absolute atomic E-state index is 0.256. The number of hydrogen-bond acceptors (Lipinski definition) is 4. The summed E-state index contributed by atoms with van der Waals surface area (Å²) in [5.41, 5.74) is 2.66. The fraction of sp³-hybridized carbons (Fsp3) is 0.400. The average Bonchev–Trinajstić information content (AvgIpc) is 2.26. The van der Waals surface area contributed by atoms with Gasteiger partial charge in [0.2, 0.25) is 0 Å². The van der Waals surface area contributed by atoms with Gasteiger partial charge in [-0.1, -0.05) is 24.3 Å². The first-order chi connectivity index (χ1) is 7.25. The van der Waals surface area contributed by atoms with Crippen molar-refractivity contribution in [3.63, 3.8) is 0 Å². The lowest BCUT2D eigenvalue weighted by Gasteiger charge is -2.28. The zero-order valence-electron chi connectivity index (χ0n) is 8.47. The largest absolute Gasteiger partial charge is 0.634 e. The molecule has 0 atom stereocenters. The van der Waals surface area contributed by atoms with Gasteiger partial charge < -0.3 is 14.7 Å². The Balaban J connectivity index is 1.94. The molecule has 0 fully saturated rings. The highest BCUT2D eigenvalue weighted by Crippen LogP contribution is 2.17. The number of nitrogens with zero attached hydrogens (tertiary/aromatic N) is 1. The topological polar surface area (TPSA) is 52.9 Å². The molecule has 0 aliphatic carbocycles. The molecule has 0 saturated carbocycles. The molecule has 0 unspecified atom stereocenters. The van der Waals surface area contributed by atoms with Crippen LogP contribution in [0.1, 0.15) is 11.1 Å². The third-order valence-corrected chi connectivity index (χ3v) is 2.62. The predicted octanol–water partition coefficient (Wildman–Crippen LogP) is -0.0117. The molecule has 2 N–H and O–H groups in total. The molecule has 0 saturated heterocycles. The van der Waals surface area contributed by atoms with Crippen molar-refractivity contribution >= 4 is 7.32 Å². The molecule has 1 aliphatic heterocycles. The summed E-state index contributed by atoms with van der Waals surface area (Å²) in [6.07, 6.45) is 0.987. The van der Waals surface area contributed by atoms with Crippen molar-refractivity contribution in [1.29, 1.82) is 0 Å². The van der Waals surface area contributed by atoms with Crippen molar-refractivity contribution in [1.82, 2.24) is 4.90 Å². The Hall–Kier alpha value is -0.875. The normalized spacial score (nSPS) is 16.1. The van der Waals surface area contributed by atoms with Gasteiger partial charge in [-0.2, -0.15) is 0 Å². The Bertz CT molecular complexity index is 332. The zero-order valence-corrected chi connectivity index (χ0v) is 8.47. The van der Waals surface area contributed by atoms with Crippen LogP contribution < -0.4 is 0 Å². The first kappa shape index (κ1) is 10.6. The molecule has 1 aromatic carbocycles. The summed E-state index contributed by atoms with van der Waals surface area (Å²) in [5, 5.41) is 17.2. The summed E-state index contributed by atoms with van der Waals surface area (Å²) in [5.74, 6) is 0. The second kappa shape index (κ2) is 4.76. The van der Waals surface area contributed by atoms with Gasteiger partial charge in [-0.05, 0) is 17.5 Å². The number of hydrogen-bond donors (Lipinski definition) is 2.